The normalized spacial score (nSPS) is 40.1. The largest absolute Gasteiger partial charge is 0.469 e. The highest BCUT2D eigenvalue weighted by molar-refractivity contribution is 5.73. The average molecular weight is 208 g/mol. The molecule has 0 N–H and O–H groups in total. The van der Waals surface area contributed by atoms with E-state index in [9.17, 15) is 4.79 Å². The summed E-state index contributed by atoms with van der Waals surface area (Å²) in [6, 6.07) is 0. The molecule has 0 aliphatic heterocycles. The monoisotopic (exact) mass is 208 g/mol. The minimum Gasteiger partial charge on any atom is -0.469 e. The molecule has 4 atom stereocenters. The predicted molar refractivity (Wildman–Crippen MR) is 59.3 cm³/mol. The van der Waals surface area contributed by atoms with Gasteiger partial charge in [0, 0.05) is 0 Å². The lowest BCUT2D eigenvalue weighted by Crippen LogP contribution is -2.36. The molecule has 2 fully saturated rings. The second-order valence-corrected chi connectivity index (χ2v) is 5.16. The maximum Gasteiger partial charge on any atom is 0.308 e. The number of hydrogen-bond acceptors (Lipinski definition) is 2. The average Bonchev–Trinajstić information content (AvgIpc) is 2.84. The zero-order valence-corrected chi connectivity index (χ0v) is 9.66. The number of carbonyl (C=O) groups excluding carboxylic acids is 1. The lowest BCUT2D eigenvalue weighted by molar-refractivity contribution is -0.150. The van der Waals surface area contributed by atoms with E-state index >= 15 is 0 Å². The zero-order chi connectivity index (χ0) is 11.1. The van der Waals surface area contributed by atoms with Crippen LogP contribution >= 0.6 is 0 Å². The van der Waals surface area contributed by atoms with E-state index in [2.05, 4.69) is 12.7 Å². The molecular formula is C13H20O2. The third-order valence-corrected chi connectivity index (χ3v) is 4.71. The van der Waals surface area contributed by atoms with Crippen molar-refractivity contribution in [2.45, 2.75) is 32.6 Å². The number of methoxy groups -OCH3 is 1. The molecule has 2 aliphatic carbocycles. The van der Waals surface area contributed by atoms with Crippen molar-refractivity contribution in [3.8, 4) is 0 Å². The first-order valence-corrected chi connectivity index (χ1v) is 5.84. The molecule has 84 valence electrons. The van der Waals surface area contributed by atoms with Gasteiger partial charge in [-0.25, -0.2) is 0 Å². The van der Waals surface area contributed by atoms with E-state index in [1.807, 2.05) is 6.92 Å². The lowest BCUT2D eigenvalue weighted by atomic mass is 9.67. The molecule has 2 rings (SSSR count). The fourth-order valence-electron chi connectivity index (χ4n) is 3.80. The van der Waals surface area contributed by atoms with Crippen molar-refractivity contribution in [1.29, 1.82) is 0 Å². The number of allylic oxidation sites excluding steroid dienone is 1. The van der Waals surface area contributed by atoms with Crippen LogP contribution in [0.5, 0.6) is 0 Å². The maximum absolute atomic E-state index is 11.7. The molecule has 0 heterocycles. The first-order chi connectivity index (χ1) is 7.14. The highest BCUT2D eigenvalue weighted by Gasteiger charge is 2.55. The first-order valence-electron chi connectivity index (χ1n) is 5.84. The summed E-state index contributed by atoms with van der Waals surface area (Å²) in [6.45, 7) is 5.95. The number of rotatable bonds is 3. The van der Waals surface area contributed by atoms with Crippen molar-refractivity contribution in [1.82, 2.24) is 0 Å². The van der Waals surface area contributed by atoms with Gasteiger partial charge >= 0.3 is 5.97 Å². The second-order valence-electron chi connectivity index (χ2n) is 5.16. The third-order valence-electron chi connectivity index (χ3n) is 4.71. The molecule has 2 nitrogen and oxygen atoms in total. The summed E-state index contributed by atoms with van der Waals surface area (Å²) < 4.78 is 4.89. The molecule has 4 unspecified atom stereocenters. The summed E-state index contributed by atoms with van der Waals surface area (Å²) in [7, 11) is 1.49. The topological polar surface area (TPSA) is 26.3 Å². The molecule has 0 radical (unpaired) electrons. The quantitative estimate of drug-likeness (QED) is 0.526. The van der Waals surface area contributed by atoms with Crippen LogP contribution in [0.2, 0.25) is 0 Å². The SMILES string of the molecule is C=CC1CC2CCC1(C(C)C(=O)OC)C2. The van der Waals surface area contributed by atoms with Gasteiger partial charge in [-0.2, -0.15) is 0 Å². The summed E-state index contributed by atoms with van der Waals surface area (Å²) in [5, 5.41) is 0. The van der Waals surface area contributed by atoms with E-state index < -0.39 is 0 Å². The Bertz CT molecular complexity index is 284. The van der Waals surface area contributed by atoms with Gasteiger partial charge in [0.15, 0.2) is 0 Å². The molecular weight excluding hydrogens is 188 g/mol. The first kappa shape index (κ1) is 10.7. The smallest absolute Gasteiger partial charge is 0.308 e. The van der Waals surface area contributed by atoms with Crippen LogP contribution in [0.3, 0.4) is 0 Å². The Morgan fingerprint density at radius 2 is 2.40 bits per heavy atom. The van der Waals surface area contributed by atoms with E-state index in [4.69, 9.17) is 4.74 Å². The van der Waals surface area contributed by atoms with Gasteiger partial charge < -0.3 is 4.74 Å². The Kier molecular flexibility index (Phi) is 2.61. The fourth-order valence-corrected chi connectivity index (χ4v) is 3.80. The van der Waals surface area contributed by atoms with Crippen molar-refractivity contribution in [3.05, 3.63) is 12.7 Å². The number of esters is 1. The molecule has 2 heteroatoms. The Balaban J connectivity index is 2.23. The summed E-state index contributed by atoms with van der Waals surface area (Å²) in [6.07, 6.45) is 6.93. The molecule has 0 spiro atoms. The number of carbonyl (C=O) groups is 1. The summed E-state index contributed by atoms with van der Waals surface area (Å²) in [5.74, 6) is 1.31. The summed E-state index contributed by atoms with van der Waals surface area (Å²) in [5.41, 5.74) is 0.166. The fraction of sp³-hybridized carbons (Fsp3) is 0.769. The van der Waals surface area contributed by atoms with E-state index in [1.54, 1.807) is 0 Å². The Labute approximate surface area is 91.7 Å². The van der Waals surface area contributed by atoms with Gasteiger partial charge in [-0.3, -0.25) is 4.79 Å². The van der Waals surface area contributed by atoms with E-state index in [1.165, 1.54) is 32.8 Å². The number of fused-ring (bicyclic) bond motifs is 2. The third kappa shape index (κ3) is 1.42. The molecule has 0 aromatic rings. The standard InChI is InChI=1S/C13H20O2/c1-4-11-7-10-5-6-13(11,8-10)9(2)12(14)15-3/h4,9-11H,1,5-8H2,2-3H3. The Morgan fingerprint density at radius 1 is 1.67 bits per heavy atom. The summed E-state index contributed by atoms with van der Waals surface area (Å²) >= 11 is 0. The molecule has 2 bridgehead atoms. The van der Waals surface area contributed by atoms with Gasteiger partial charge in [-0.15, -0.1) is 6.58 Å². The minimum absolute atomic E-state index is 0.0259. The Hall–Kier alpha value is -0.790. The van der Waals surface area contributed by atoms with Crippen molar-refractivity contribution in [2.75, 3.05) is 7.11 Å². The molecule has 0 amide bonds. The van der Waals surface area contributed by atoms with Gasteiger partial charge in [0.05, 0.1) is 13.0 Å². The van der Waals surface area contributed by atoms with Crippen molar-refractivity contribution >= 4 is 5.97 Å². The van der Waals surface area contributed by atoms with Crippen LogP contribution in [-0.4, -0.2) is 13.1 Å². The summed E-state index contributed by atoms with van der Waals surface area (Å²) in [4.78, 5) is 11.7. The predicted octanol–water partition coefficient (Wildman–Crippen LogP) is 2.79. The maximum atomic E-state index is 11.7. The molecule has 0 aromatic heterocycles. The van der Waals surface area contributed by atoms with Crippen LogP contribution in [0.25, 0.3) is 0 Å². The van der Waals surface area contributed by atoms with Crippen LogP contribution in [0.15, 0.2) is 12.7 Å². The van der Waals surface area contributed by atoms with Crippen molar-refractivity contribution < 1.29 is 9.53 Å². The van der Waals surface area contributed by atoms with Crippen LogP contribution in [0, 0.1) is 23.2 Å². The van der Waals surface area contributed by atoms with Gasteiger partial charge in [-0.05, 0) is 42.9 Å². The van der Waals surface area contributed by atoms with Crippen molar-refractivity contribution in [3.63, 3.8) is 0 Å². The molecule has 0 saturated heterocycles. The minimum atomic E-state index is -0.0515. The van der Waals surface area contributed by atoms with E-state index in [0.717, 1.165) is 5.92 Å². The molecule has 2 saturated carbocycles. The number of hydrogen-bond donors (Lipinski definition) is 0. The Morgan fingerprint density at radius 3 is 2.93 bits per heavy atom. The van der Waals surface area contributed by atoms with Crippen LogP contribution in [0.1, 0.15) is 32.6 Å². The molecule has 0 aromatic carbocycles. The van der Waals surface area contributed by atoms with E-state index in [-0.39, 0.29) is 17.3 Å². The lowest BCUT2D eigenvalue weighted by Gasteiger charge is -2.37. The van der Waals surface area contributed by atoms with Gasteiger partial charge in [0.1, 0.15) is 0 Å². The van der Waals surface area contributed by atoms with Gasteiger partial charge in [0.25, 0.3) is 0 Å². The molecule has 2 aliphatic rings. The van der Waals surface area contributed by atoms with Crippen LogP contribution in [0.4, 0.5) is 0 Å². The van der Waals surface area contributed by atoms with E-state index in [0.29, 0.717) is 5.92 Å². The zero-order valence-electron chi connectivity index (χ0n) is 9.66. The highest BCUT2D eigenvalue weighted by Crippen LogP contribution is 2.61. The highest BCUT2D eigenvalue weighted by atomic mass is 16.5. The van der Waals surface area contributed by atoms with Crippen LogP contribution in [-0.2, 0) is 9.53 Å². The van der Waals surface area contributed by atoms with Gasteiger partial charge in [-0.1, -0.05) is 13.0 Å². The van der Waals surface area contributed by atoms with Gasteiger partial charge in [0.2, 0.25) is 0 Å². The second kappa shape index (κ2) is 3.66. The number of ether oxygens (including phenoxy) is 1. The van der Waals surface area contributed by atoms with Crippen molar-refractivity contribution in [2.24, 2.45) is 23.2 Å². The van der Waals surface area contributed by atoms with Crippen LogP contribution < -0.4 is 0 Å². The molecule has 15 heavy (non-hydrogen) atoms.